The molecule has 4 heteroatoms. The van der Waals surface area contributed by atoms with Crippen LogP contribution in [0.3, 0.4) is 0 Å². The molecule has 4 nitrogen and oxygen atoms in total. The van der Waals surface area contributed by atoms with Crippen molar-refractivity contribution in [1.29, 1.82) is 0 Å². The van der Waals surface area contributed by atoms with Gasteiger partial charge in [-0.05, 0) is 44.6 Å². The zero-order valence-corrected chi connectivity index (χ0v) is 13.5. The Labute approximate surface area is 127 Å². The highest BCUT2D eigenvalue weighted by Gasteiger charge is 2.08. The molecule has 0 radical (unpaired) electrons. The molecule has 2 heterocycles. The molecule has 2 rings (SSSR count). The molecule has 0 aromatic carbocycles. The summed E-state index contributed by atoms with van der Waals surface area (Å²) in [5.41, 5.74) is 1.20. The number of rotatable bonds is 8. The van der Waals surface area contributed by atoms with Crippen LogP contribution in [-0.2, 0) is 19.6 Å². The van der Waals surface area contributed by atoms with Gasteiger partial charge in [-0.15, -0.1) is 0 Å². The number of hydrogen-bond acceptors (Lipinski definition) is 4. The first-order valence-electron chi connectivity index (χ1n) is 7.54. The van der Waals surface area contributed by atoms with E-state index >= 15 is 0 Å². The smallest absolute Gasteiger partial charge is 0.118 e. The Balaban J connectivity index is 1.78. The van der Waals surface area contributed by atoms with E-state index in [-0.39, 0.29) is 0 Å². The van der Waals surface area contributed by atoms with E-state index in [0.29, 0.717) is 5.92 Å². The first-order chi connectivity index (χ1) is 10.0. The highest BCUT2D eigenvalue weighted by atomic mass is 16.3. The lowest BCUT2D eigenvalue weighted by Gasteiger charge is -2.12. The first-order valence-corrected chi connectivity index (χ1v) is 7.54. The number of nitrogens with zero attached hydrogens (tertiary/aromatic N) is 1. The standard InChI is InChI=1S/C17H26N2O2/c1-13(2)8-18-9-15-7-17(20-12-15)11-19(4)10-16-6-5-14(3)21-16/h5-7,12-13,18H,8-11H2,1-4H3. The SMILES string of the molecule is Cc1ccc(CN(C)Cc2cc(CNCC(C)C)co2)o1. The van der Waals surface area contributed by atoms with E-state index in [9.17, 15) is 0 Å². The van der Waals surface area contributed by atoms with Crippen LogP contribution < -0.4 is 5.32 Å². The van der Waals surface area contributed by atoms with Crippen LogP contribution in [0.15, 0.2) is 33.3 Å². The third-order valence-electron chi connectivity index (χ3n) is 3.24. The largest absolute Gasteiger partial charge is 0.468 e. The predicted molar refractivity (Wildman–Crippen MR) is 83.9 cm³/mol. The molecule has 0 aliphatic carbocycles. The molecule has 0 aliphatic heterocycles. The van der Waals surface area contributed by atoms with Gasteiger partial charge < -0.3 is 14.2 Å². The Morgan fingerprint density at radius 2 is 1.95 bits per heavy atom. The fourth-order valence-corrected chi connectivity index (χ4v) is 2.27. The number of nitrogens with one attached hydrogen (secondary N) is 1. The van der Waals surface area contributed by atoms with E-state index in [1.807, 2.05) is 25.3 Å². The molecule has 0 spiro atoms. The first kappa shape index (κ1) is 15.9. The zero-order valence-electron chi connectivity index (χ0n) is 13.5. The summed E-state index contributed by atoms with van der Waals surface area (Å²) in [4.78, 5) is 2.18. The molecule has 21 heavy (non-hydrogen) atoms. The van der Waals surface area contributed by atoms with Crippen molar-refractivity contribution in [3.63, 3.8) is 0 Å². The minimum absolute atomic E-state index is 0.666. The molecule has 0 saturated carbocycles. The van der Waals surface area contributed by atoms with Gasteiger partial charge in [0.2, 0.25) is 0 Å². The molecule has 0 aliphatic rings. The fourth-order valence-electron chi connectivity index (χ4n) is 2.27. The van der Waals surface area contributed by atoms with Crippen LogP contribution in [-0.4, -0.2) is 18.5 Å². The molecule has 116 valence electrons. The lowest BCUT2D eigenvalue weighted by Crippen LogP contribution is -2.18. The van der Waals surface area contributed by atoms with Crippen LogP contribution in [0.5, 0.6) is 0 Å². The summed E-state index contributed by atoms with van der Waals surface area (Å²) < 4.78 is 11.2. The number of aryl methyl sites for hydroxylation is 1. The Morgan fingerprint density at radius 1 is 1.19 bits per heavy atom. The molecule has 0 saturated heterocycles. The fraction of sp³-hybridized carbons (Fsp3) is 0.529. The second kappa shape index (κ2) is 7.48. The summed E-state index contributed by atoms with van der Waals surface area (Å²) in [6.45, 7) is 9.84. The molecular formula is C17H26N2O2. The summed E-state index contributed by atoms with van der Waals surface area (Å²) >= 11 is 0. The van der Waals surface area contributed by atoms with Crippen molar-refractivity contribution in [2.75, 3.05) is 13.6 Å². The lowest BCUT2D eigenvalue weighted by atomic mass is 10.2. The number of furan rings is 2. The Kier molecular flexibility index (Phi) is 5.65. The third kappa shape index (κ3) is 5.40. The molecule has 0 unspecified atom stereocenters. The van der Waals surface area contributed by atoms with E-state index in [0.717, 1.165) is 43.5 Å². The second-order valence-corrected chi connectivity index (χ2v) is 6.13. The maximum absolute atomic E-state index is 5.62. The summed E-state index contributed by atoms with van der Waals surface area (Å²) in [7, 11) is 2.07. The molecule has 0 fully saturated rings. The molecule has 2 aromatic heterocycles. The van der Waals surface area contributed by atoms with E-state index < -0.39 is 0 Å². The minimum atomic E-state index is 0.666. The third-order valence-corrected chi connectivity index (χ3v) is 3.24. The van der Waals surface area contributed by atoms with Gasteiger partial charge in [0.15, 0.2) is 0 Å². The van der Waals surface area contributed by atoms with Crippen LogP contribution in [0.25, 0.3) is 0 Å². The van der Waals surface area contributed by atoms with E-state index in [1.165, 1.54) is 5.56 Å². The maximum Gasteiger partial charge on any atom is 0.118 e. The molecule has 0 amide bonds. The summed E-state index contributed by atoms with van der Waals surface area (Å²) in [6.07, 6.45) is 1.84. The lowest BCUT2D eigenvalue weighted by molar-refractivity contribution is 0.263. The molecular weight excluding hydrogens is 264 g/mol. The van der Waals surface area contributed by atoms with Gasteiger partial charge in [-0.1, -0.05) is 13.8 Å². The highest BCUT2D eigenvalue weighted by Crippen LogP contribution is 2.13. The summed E-state index contributed by atoms with van der Waals surface area (Å²) in [6, 6.07) is 6.14. The van der Waals surface area contributed by atoms with E-state index in [1.54, 1.807) is 0 Å². The monoisotopic (exact) mass is 290 g/mol. The van der Waals surface area contributed by atoms with Gasteiger partial charge in [0.05, 0.1) is 19.4 Å². The van der Waals surface area contributed by atoms with Gasteiger partial charge in [-0.25, -0.2) is 0 Å². The Bertz CT molecular complexity index is 542. The molecule has 1 N–H and O–H groups in total. The van der Waals surface area contributed by atoms with Crippen molar-refractivity contribution in [2.24, 2.45) is 5.92 Å². The molecule has 0 atom stereocenters. The topological polar surface area (TPSA) is 41.5 Å². The van der Waals surface area contributed by atoms with Gasteiger partial charge in [0.25, 0.3) is 0 Å². The highest BCUT2D eigenvalue weighted by molar-refractivity contribution is 5.13. The van der Waals surface area contributed by atoms with Crippen molar-refractivity contribution < 1.29 is 8.83 Å². The molecule has 2 aromatic rings. The van der Waals surface area contributed by atoms with Crippen LogP contribution >= 0.6 is 0 Å². The van der Waals surface area contributed by atoms with Gasteiger partial charge in [0.1, 0.15) is 17.3 Å². The second-order valence-electron chi connectivity index (χ2n) is 6.13. The van der Waals surface area contributed by atoms with E-state index in [4.69, 9.17) is 8.83 Å². The van der Waals surface area contributed by atoms with Crippen molar-refractivity contribution in [2.45, 2.75) is 40.4 Å². The van der Waals surface area contributed by atoms with Crippen molar-refractivity contribution in [1.82, 2.24) is 10.2 Å². The van der Waals surface area contributed by atoms with Crippen molar-refractivity contribution in [3.8, 4) is 0 Å². The molecule has 0 bridgehead atoms. The summed E-state index contributed by atoms with van der Waals surface area (Å²) in [5, 5.41) is 3.42. The van der Waals surface area contributed by atoms with Gasteiger partial charge in [-0.3, -0.25) is 4.90 Å². The Morgan fingerprint density at radius 3 is 2.62 bits per heavy atom. The van der Waals surface area contributed by atoms with Crippen LogP contribution in [0, 0.1) is 12.8 Å². The zero-order chi connectivity index (χ0) is 15.2. The van der Waals surface area contributed by atoms with Crippen LogP contribution in [0.1, 0.15) is 36.7 Å². The average molecular weight is 290 g/mol. The van der Waals surface area contributed by atoms with Crippen LogP contribution in [0.4, 0.5) is 0 Å². The maximum atomic E-state index is 5.62. The Hall–Kier alpha value is -1.52. The van der Waals surface area contributed by atoms with Crippen molar-refractivity contribution >= 4 is 0 Å². The van der Waals surface area contributed by atoms with Gasteiger partial charge in [0, 0.05) is 12.1 Å². The van der Waals surface area contributed by atoms with Crippen LogP contribution in [0.2, 0.25) is 0 Å². The summed E-state index contributed by atoms with van der Waals surface area (Å²) in [5.74, 6) is 3.59. The van der Waals surface area contributed by atoms with Gasteiger partial charge >= 0.3 is 0 Å². The predicted octanol–water partition coefficient (Wildman–Crippen LogP) is 3.56. The quantitative estimate of drug-likeness (QED) is 0.807. The van der Waals surface area contributed by atoms with Gasteiger partial charge in [-0.2, -0.15) is 0 Å². The van der Waals surface area contributed by atoms with Crippen molar-refractivity contribution in [3.05, 3.63) is 47.3 Å². The van der Waals surface area contributed by atoms with E-state index in [2.05, 4.69) is 37.2 Å². The minimum Gasteiger partial charge on any atom is -0.468 e. The average Bonchev–Trinajstić information content (AvgIpc) is 2.98. The number of hydrogen-bond donors (Lipinski definition) is 1. The normalized spacial score (nSPS) is 11.7.